The van der Waals surface area contributed by atoms with E-state index in [4.69, 9.17) is 15.2 Å². The van der Waals surface area contributed by atoms with Crippen molar-refractivity contribution in [3.05, 3.63) is 29.3 Å². The highest BCUT2D eigenvalue weighted by Gasteiger charge is 2.17. The van der Waals surface area contributed by atoms with Gasteiger partial charge in [-0.05, 0) is 24.1 Å². The van der Waals surface area contributed by atoms with E-state index in [-0.39, 0.29) is 11.3 Å². The Bertz CT molecular complexity index is 364. The summed E-state index contributed by atoms with van der Waals surface area (Å²) in [6, 6.07) is 4.52. The molecule has 6 heteroatoms. The van der Waals surface area contributed by atoms with Crippen LogP contribution in [0.3, 0.4) is 0 Å². The molecule has 0 saturated carbocycles. The molecule has 0 aliphatic carbocycles. The first-order valence-corrected chi connectivity index (χ1v) is 4.43. The smallest absolute Gasteiger partial charge is 0.511 e. The molecule has 5 nitrogen and oxygen atoms in total. The summed E-state index contributed by atoms with van der Waals surface area (Å²) in [7, 11) is -2.02. The highest BCUT2D eigenvalue weighted by molar-refractivity contribution is 6.34. The first-order chi connectivity index (χ1) is 7.04. The second kappa shape index (κ2) is 4.81. The van der Waals surface area contributed by atoms with Gasteiger partial charge in [-0.2, -0.15) is 0 Å². The van der Waals surface area contributed by atoms with E-state index in [2.05, 4.69) is 4.65 Å². The van der Waals surface area contributed by atoms with E-state index in [0.717, 1.165) is 5.56 Å². The first kappa shape index (κ1) is 11.5. The molecule has 1 aromatic rings. The molecule has 0 aliphatic rings. The molecule has 0 unspecified atom stereocenters. The molecule has 0 fully saturated rings. The molecular formula is C9H11BO5. The molecule has 0 amide bonds. The molecule has 1 aromatic carbocycles. The van der Waals surface area contributed by atoms with Crippen LogP contribution in [0.5, 0.6) is 5.75 Å². The lowest BCUT2D eigenvalue weighted by Gasteiger charge is -2.09. The standard InChI is InChI=1S/C9H11BO5/c1-2-6-3-4-8(15-10(13)14)7(5-6)9(11)12/h3-5,13-14H,2H2,1H3,(H,11,12). The Morgan fingerprint density at radius 1 is 1.47 bits per heavy atom. The molecule has 80 valence electrons. The van der Waals surface area contributed by atoms with Gasteiger partial charge in [0.25, 0.3) is 0 Å². The Morgan fingerprint density at radius 2 is 2.13 bits per heavy atom. The van der Waals surface area contributed by atoms with Crippen molar-refractivity contribution in [1.29, 1.82) is 0 Å². The van der Waals surface area contributed by atoms with Crippen LogP contribution in [-0.2, 0) is 6.42 Å². The number of hydrogen-bond donors (Lipinski definition) is 3. The van der Waals surface area contributed by atoms with Gasteiger partial charge in [-0.1, -0.05) is 13.0 Å². The van der Waals surface area contributed by atoms with Crippen molar-refractivity contribution >= 4 is 13.3 Å². The SMILES string of the molecule is CCc1ccc(OB(O)O)c(C(=O)O)c1. The molecule has 15 heavy (non-hydrogen) atoms. The highest BCUT2D eigenvalue weighted by atomic mass is 16.6. The largest absolute Gasteiger partial charge is 0.707 e. The van der Waals surface area contributed by atoms with Gasteiger partial charge in [-0.25, -0.2) is 4.79 Å². The summed E-state index contributed by atoms with van der Waals surface area (Å²) in [6.07, 6.45) is 0.697. The summed E-state index contributed by atoms with van der Waals surface area (Å²) in [5, 5.41) is 26.0. The number of aryl methyl sites for hydroxylation is 1. The predicted molar refractivity (Wildman–Crippen MR) is 53.6 cm³/mol. The summed E-state index contributed by atoms with van der Waals surface area (Å²) in [5.41, 5.74) is 0.759. The van der Waals surface area contributed by atoms with Gasteiger partial charge < -0.3 is 19.8 Å². The van der Waals surface area contributed by atoms with Crippen LogP contribution >= 0.6 is 0 Å². The van der Waals surface area contributed by atoms with Crippen molar-refractivity contribution < 1.29 is 24.6 Å². The second-order valence-electron chi connectivity index (χ2n) is 2.93. The minimum absolute atomic E-state index is 0.0605. The van der Waals surface area contributed by atoms with Crippen LogP contribution in [0.15, 0.2) is 18.2 Å². The van der Waals surface area contributed by atoms with Crippen LogP contribution < -0.4 is 4.65 Å². The van der Waals surface area contributed by atoms with E-state index >= 15 is 0 Å². The average Bonchev–Trinajstić information content (AvgIpc) is 2.17. The van der Waals surface area contributed by atoms with Gasteiger partial charge in [0.05, 0.1) is 5.56 Å². The monoisotopic (exact) mass is 210 g/mol. The van der Waals surface area contributed by atoms with Crippen LogP contribution in [0.2, 0.25) is 0 Å². The minimum Gasteiger partial charge on any atom is -0.511 e. The van der Waals surface area contributed by atoms with E-state index in [1.54, 1.807) is 6.07 Å². The number of hydrogen-bond acceptors (Lipinski definition) is 4. The maximum atomic E-state index is 10.8. The Labute approximate surface area is 87.1 Å². The summed E-state index contributed by atoms with van der Waals surface area (Å²) < 4.78 is 4.54. The van der Waals surface area contributed by atoms with Gasteiger partial charge >= 0.3 is 13.3 Å². The normalized spacial score (nSPS) is 9.80. The molecular weight excluding hydrogens is 199 g/mol. The molecule has 0 heterocycles. The maximum absolute atomic E-state index is 10.8. The summed E-state index contributed by atoms with van der Waals surface area (Å²) in [6.45, 7) is 1.89. The Kier molecular flexibility index (Phi) is 3.71. The van der Waals surface area contributed by atoms with Crippen molar-refractivity contribution in [2.24, 2.45) is 0 Å². The highest BCUT2D eigenvalue weighted by Crippen LogP contribution is 2.20. The van der Waals surface area contributed by atoms with Gasteiger partial charge in [0, 0.05) is 0 Å². The molecule has 3 N–H and O–H groups in total. The summed E-state index contributed by atoms with van der Waals surface area (Å²) in [4.78, 5) is 10.8. The van der Waals surface area contributed by atoms with Crippen molar-refractivity contribution in [2.45, 2.75) is 13.3 Å². The van der Waals surface area contributed by atoms with E-state index < -0.39 is 13.3 Å². The van der Waals surface area contributed by atoms with E-state index in [9.17, 15) is 4.79 Å². The van der Waals surface area contributed by atoms with E-state index in [1.165, 1.54) is 12.1 Å². The quantitative estimate of drug-likeness (QED) is 0.622. The lowest BCUT2D eigenvalue weighted by atomic mass is 10.1. The van der Waals surface area contributed by atoms with Crippen LogP contribution in [-0.4, -0.2) is 28.4 Å². The zero-order valence-corrected chi connectivity index (χ0v) is 8.17. The molecule has 0 atom stereocenters. The molecule has 0 aliphatic heterocycles. The Hall–Kier alpha value is -1.53. The fourth-order valence-electron chi connectivity index (χ4n) is 1.18. The van der Waals surface area contributed by atoms with Crippen LogP contribution in [0.1, 0.15) is 22.8 Å². The summed E-state index contributed by atoms with van der Waals surface area (Å²) >= 11 is 0. The molecule has 1 rings (SSSR count). The first-order valence-electron chi connectivity index (χ1n) is 4.43. The number of carboxylic acid groups (broad SMARTS) is 1. The molecule has 0 spiro atoms. The van der Waals surface area contributed by atoms with E-state index in [1.807, 2.05) is 6.92 Å². The molecule has 0 bridgehead atoms. The van der Waals surface area contributed by atoms with Gasteiger partial charge in [0.2, 0.25) is 0 Å². The number of carboxylic acids is 1. The lowest BCUT2D eigenvalue weighted by Crippen LogP contribution is -2.22. The van der Waals surface area contributed by atoms with Crippen molar-refractivity contribution in [3.8, 4) is 5.75 Å². The number of rotatable bonds is 4. The zero-order valence-electron chi connectivity index (χ0n) is 8.17. The summed E-state index contributed by atoms with van der Waals surface area (Å²) in [5.74, 6) is -1.23. The maximum Gasteiger partial charge on any atom is 0.707 e. The Morgan fingerprint density at radius 3 is 2.60 bits per heavy atom. The van der Waals surface area contributed by atoms with Gasteiger partial charge in [0.15, 0.2) is 0 Å². The van der Waals surface area contributed by atoms with Crippen molar-refractivity contribution in [1.82, 2.24) is 0 Å². The minimum atomic E-state index is -2.02. The third-order valence-corrected chi connectivity index (χ3v) is 1.92. The molecule has 0 aromatic heterocycles. The fraction of sp³-hybridized carbons (Fsp3) is 0.222. The topological polar surface area (TPSA) is 87.0 Å². The van der Waals surface area contributed by atoms with Crippen LogP contribution in [0.25, 0.3) is 0 Å². The lowest BCUT2D eigenvalue weighted by molar-refractivity contribution is 0.0694. The fourth-order valence-corrected chi connectivity index (χ4v) is 1.18. The van der Waals surface area contributed by atoms with Crippen LogP contribution in [0.4, 0.5) is 0 Å². The average molecular weight is 210 g/mol. The van der Waals surface area contributed by atoms with Crippen molar-refractivity contribution in [2.75, 3.05) is 0 Å². The van der Waals surface area contributed by atoms with E-state index in [0.29, 0.717) is 6.42 Å². The van der Waals surface area contributed by atoms with Gasteiger partial charge in [0.1, 0.15) is 5.75 Å². The predicted octanol–water partition coefficient (Wildman–Crippen LogP) is 0.296. The Balaban J connectivity index is 3.09. The third-order valence-electron chi connectivity index (χ3n) is 1.92. The number of aromatic carboxylic acids is 1. The third kappa shape index (κ3) is 2.97. The molecule has 0 saturated heterocycles. The van der Waals surface area contributed by atoms with Gasteiger partial charge in [-0.15, -0.1) is 0 Å². The second-order valence-corrected chi connectivity index (χ2v) is 2.93. The number of carbonyl (C=O) groups is 1. The zero-order chi connectivity index (χ0) is 11.4. The number of benzene rings is 1. The molecule has 0 radical (unpaired) electrons. The van der Waals surface area contributed by atoms with Gasteiger partial charge in [-0.3, -0.25) is 0 Å². The van der Waals surface area contributed by atoms with Crippen molar-refractivity contribution in [3.63, 3.8) is 0 Å². The van der Waals surface area contributed by atoms with Crippen LogP contribution in [0, 0.1) is 0 Å².